The summed E-state index contributed by atoms with van der Waals surface area (Å²) in [6.07, 6.45) is 3.34. The lowest BCUT2D eigenvalue weighted by Crippen LogP contribution is -2.36. The fourth-order valence-electron chi connectivity index (χ4n) is 2.38. The maximum atomic E-state index is 12.2. The third kappa shape index (κ3) is 3.48. The van der Waals surface area contributed by atoms with E-state index >= 15 is 0 Å². The molecule has 1 amide bonds. The van der Waals surface area contributed by atoms with Crippen LogP contribution in [0.1, 0.15) is 50.9 Å². The van der Waals surface area contributed by atoms with Gasteiger partial charge in [-0.2, -0.15) is 0 Å². The van der Waals surface area contributed by atoms with Gasteiger partial charge in [0.25, 0.3) is 0 Å². The highest BCUT2D eigenvalue weighted by molar-refractivity contribution is 5.69. The summed E-state index contributed by atoms with van der Waals surface area (Å²) in [6.45, 7) is 6.25. The first-order valence-electron chi connectivity index (χ1n) is 6.96. The molecule has 0 radical (unpaired) electrons. The zero-order chi connectivity index (χ0) is 14.8. The molecule has 1 aromatic heterocycles. The summed E-state index contributed by atoms with van der Waals surface area (Å²) >= 11 is 0. The highest BCUT2D eigenvalue weighted by Gasteiger charge is 2.33. The number of nitrogens with zero attached hydrogens (tertiary/aromatic N) is 2. The van der Waals surface area contributed by atoms with Gasteiger partial charge in [-0.25, -0.2) is 4.79 Å². The average Bonchev–Trinajstić information content (AvgIpc) is 2.86. The molecule has 110 valence electrons. The number of carbonyl (C=O) groups is 1. The smallest absolute Gasteiger partial charge is 0.410 e. The van der Waals surface area contributed by atoms with Gasteiger partial charge in [-0.05, 0) is 45.2 Å². The van der Waals surface area contributed by atoms with E-state index in [9.17, 15) is 4.79 Å². The van der Waals surface area contributed by atoms with Crippen LogP contribution in [0, 0.1) is 0 Å². The maximum Gasteiger partial charge on any atom is 0.410 e. The van der Waals surface area contributed by atoms with Gasteiger partial charge in [0.2, 0.25) is 0 Å². The second-order valence-corrected chi connectivity index (χ2v) is 6.07. The molecule has 1 unspecified atom stereocenters. The van der Waals surface area contributed by atoms with Crippen LogP contribution in [0.2, 0.25) is 0 Å². The molecule has 1 atom stereocenters. The summed E-state index contributed by atoms with van der Waals surface area (Å²) in [6, 6.07) is 3.73. The number of likely N-dealkylation sites (tertiary alicyclic amines) is 1. The number of hydrogen-bond acceptors (Lipinski definition) is 4. The second kappa shape index (κ2) is 5.79. The van der Waals surface area contributed by atoms with Crippen molar-refractivity contribution in [1.82, 2.24) is 9.88 Å². The number of aliphatic hydroxyl groups excluding tert-OH is 1. The number of rotatable bonds is 2. The molecule has 0 aromatic carbocycles. The standard InChI is InChI=1S/C15H22N2O3/c1-15(2,3)20-14(19)17-8-4-5-13(17)11-6-7-12(10-18)16-9-11/h6-7,9,13,18H,4-5,8,10H2,1-3H3. The molecule has 1 aliphatic rings. The molecular formula is C15H22N2O3. The van der Waals surface area contributed by atoms with Crippen LogP contribution in [0.4, 0.5) is 4.79 Å². The largest absolute Gasteiger partial charge is 0.444 e. The zero-order valence-corrected chi connectivity index (χ0v) is 12.3. The monoisotopic (exact) mass is 278 g/mol. The highest BCUT2D eigenvalue weighted by Crippen LogP contribution is 2.32. The number of carbonyl (C=O) groups excluding carboxylic acids is 1. The Morgan fingerprint density at radius 1 is 1.50 bits per heavy atom. The van der Waals surface area contributed by atoms with Crippen LogP contribution < -0.4 is 0 Å². The van der Waals surface area contributed by atoms with Crippen molar-refractivity contribution >= 4 is 6.09 Å². The summed E-state index contributed by atoms with van der Waals surface area (Å²) in [4.78, 5) is 18.2. The Hall–Kier alpha value is -1.62. The molecule has 1 saturated heterocycles. The molecular weight excluding hydrogens is 256 g/mol. The Kier molecular flexibility index (Phi) is 4.28. The Labute approximate surface area is 119 Å². The lowest BCUT2D eigenvalue weighted by molar-refractivity contribution is 0.0224. The number of pyridine rings is 1. The molecule has 1 aromatic rings. The normalized spacial score (nSPS) is 19.2. The molecule has 1 N–H and O–H groups in total. The van der Waals surface area contributed by atoms with Crippen molar-refractivity contribution in [3.05, 3.63) is 29.6 Å². The summed E-state index contributed by atoms with van der Waals surface area (Å²) in [7, 11) is 0. The first-order chi connectivity index (χ1) is 9.40. The topological polar surface area (TPSA) is 62.7 Å². The minimum Gasteiger partial charge on any atom is -0.444 e. The Morgan fingerprint density at radius 2 is 2.25 bits per heavy atom. The van der Waals surface area contributed by atoms with E-state index in [1.54, 1.807) is 17.2 Å². The van der Waals surface area contributed by atoms with Gasteiger partial charge in [0.15, 0.2) is 0 Å². The van der Waals surface area contributed by atoms with Crippen LogP contribution in [0.15, 0.2) is 18.3 Å². The molecule has 5 nitrogen and oxygen atoms in total. The lowest BCUT2D eigenvalue weighted by Gasteiger charge is -2.28. The predicted octanol–water partition coefficient (Wildman–Crippen LogP) is 2.65. The van der Waals surface area contributed by atoms with Gasteiger partial charge in [-0.1, -0.05) is 6.07 Å². The van der Waals surface area contributed by atoms with E-state index in [4.69, 9.17) is 9.84 Å². The third-order valence-corrected chi connectivity index (χ3v) is 3.28. The number of aromatic nitrogens is 1. The van der Waals surface area contributed by atoms with Crippen LogP contribution in [-0.4, -0.2) is 33.2 Å². The molecule has 1 fully saturated rings. The highest BCUT2D eigenvalue weighted by atomic mass is 16.6. The molecule has 2 rings (SSSR count). The van der Waals surface area contributed by atoms with Gasteiger partial charge in [-0.15, -0.1) is 0 Å². The number of hydrogen-bond donors (Lipinski definition) is 1. The first-order valence-corrected chi connectivity index (χ1v) is 6.96. The number of ether oxygens (including phenoxy) is 1. The van der Waals surface area contributed by atoms with Crippen molar-refractivity contribution in [2.45, 2.75) is 51.9 Å². The predicted molar refractivity (Wildman–Crippen MR) is 75.1 cm³/mol. The van der Waals surface area contributed by atoms with E-state index in [2.05, 4.69) is 4.98 Å². The fourth-order valence-corrected chi connectivity index (χ4v) is 2.38. The fraction of sp³-hybridized carbons (Fsp3) is 0.600. The number of aliphatic hydroxyl groups is 1. The van der Waals surface area contributed by atoms with E-state index in [-0.39, 0.29) is 18.7 Å². The Bertz CT molecular complexity index is 465. The third-order valence-electron chi connectivity index (χ3n) is 3.28. The minimum absolute atomic E-state index is 0.0186. The summed E-state index contributed by atoms with van der Waals surface area (Å²) in [5.41, 5.74) is 1.14. The van der Waals surface area contributed by atoms with Crippen molar-refractivity contribution in [3.63, 3.8) is 0 Å². The summed E-state index contributed by atoms with van der Waals surface area (Å²) in [5, 5.41) is 9.01. The molecule has 0 bridgehead atoms. The molecule has 20 heavy (non-hydrogen) atoms. The maximum absolute atomic E-state index is 12.2. The Balaban J connectivity index is 2.12. The molecule has 5 heteroatoms. The van der Waals surface area contributed by atoms with E-state index in [0.717, 1.165) is 18.4 Å². The van der Waals surface area contributed by atoms with E-state index in [1.165, 1.54) is 0 Å². The SMILES string of the molecule is CC(C)(C)OC(=O)N1CCCC1c1ccc(CO)nc1. The van der Waals surface area contributed by atoms with Crippen LogP contribution in [0.5, 0.6) is 0 Å². The van der Waals surface area contributed by atoms with Gasteiger partial charge in [-0.3, -0.25) is 4.98 Å². The van der Waals surface area contributed by atoms with E-state index in [1.807, 2.05) is 26.8 Å². The van der Waals surface area contributed by atoms with Crippen LogP contribution in [0.25, 0.3) is 0 Å². The minimum atomic E-state index is -0.483. The average molecular weight is 278 g/mol. The van der Waals surface area contributed by atoms with E-state index < -0.39 is 5.60 Å². The summed E-state index contributed by atoms with van der Waals surface area (Å²) in [5.74, 6) is 0. The van der Waals surface area contributed by atoms with Gasteiger partial charge >= 0.3 is 6.09 Å². The van der Waals surface area contributed by atoms with Crippen molar-refractivity contribution in [2.75, 3.05) is 6.54 Å². The van der Waals surface area contributed by atoms with Gasteiger partial charge in [0.1, 0.15) is 5.60 Å². The van der Waals surface area contributed by atoms with Crippen LogP contribution in [-0.2, 0) is 11.3 Å². The lowest BCUT2D eigenvalue weighted by atomic mass is 10.1. The first kappa shape index (κ1) is 14.8. The zero-order valence-electron chi connectivity index (χ0n) is 12.3. The van der Waals surface area contributed by atoms with Gasteiger partial charge in [0, 0.05) is 12.7 Å². The van der Waals surface area contributed by atoms with Crippen LogP contribution in [0.3, 0.4) is 0 Å². The quantitative estimate of drug-likeness (QED) is 0.903. The number of amides is 1. The van der Waals surface area contributed by atoms with Crippen LogP contribution >= 0.6 is 0 Å². The molecule has 0 saturated carbocycles. The Morgan fingerprint density at radius 3 is 2.80 bits per heavy atom. The van der Waals surface area contributed by atoms with E-state index in [0.29, 0.717) is 12.2 Å². The molecule has 1 aliphatic heterocycles. The summed E-state index contributed by atoms with van der Waals surface area (Å²) < 4.78 is 5.44. The van der Waals surface area contributed by atoms with Gasteiger partial charge in [0.05, 0.1) is 18.3 Å². The molecule has 2 heterocycles. The molecule has 0 aliphatic carbocycles. The van der Waals surface area contributed by atoms with Crippen molar-refractivity contribution in [3.8, 4) is 0 Å². The van der Waals surface area contributed by atoms with Crippen molar-refractivity contribution in [2.24, 2.45) is 0 Å². The molecule has 0 spiro atoms. The van der Waals surface area contributed by atoms with Crippen molar-refractivity contribution in [1.29, 1.82) is 0 Å². The van der Waals surface area contributed by atoms with Crippen molar-refractivity contribution < 1.29 is 14.6 Å². The van der Waals surface area contributed by atoms with Gasteiger partial charge < -0.3 is 14.7 Å². The second-order valence-electron chi connectivity index (χ2n) is 6.07.